The van der Waals surface area contributed by atoms with Crippen LogP contribution in [0.2, 0.25) is 0 Å². The zero-order valence-corrected chi connectivity index (χ0v) is 11.1. The predicted molar refractivity (Wildman–Crippen MR) is 70.1 cm³/mol. The van der Waals surface area contributed by atoms with E-state index < -0.39 is 0 Å². The minimum Gasteiger partial charge on any atom is -0.247 e. The van der Waals surface area contributed by atoms with Crippen molar-refractivity contribution in [3.8, 4) is 17.5 Å². The molecule has 2 aromatic rings. The number of aryl methyl sites for hydroxylation is 1. The molecule has 0 atom stereocenters. The van der Waals surface area contributed by atoms with Crippen LogP contribution in [-0.4, -0.2) is 20.4 Å². The first-order valence-corrected chi connectivity index (χ1v) is 6.99. The average Bonchev–Trinajstić information content (AvgIpc) is 3.02. The molecule has 2 heterocycles. The van der Waals surface area contributed by atoms with E-state index in [1.807, 2.05) is 11.4 Å². The van der Waals surface area contributed by atoms with E-state index in [0.717, 1.165) is 17.1 Å². The Morgan fingerprint density at radius 1 is 1.39 bits per heavy atom. The third-order valence-electron chi connectivity index (χ3n) is 2.70. The summed E-state index contributed by atoms with van der Waals surface area (Å²) in [6, 6.07) is 2.03. The van der Waals surface area contributed by atoms with Crippen LogP contribution in [0.4, 0.5) is 0 Å². The summed E-state index contributed by atoms with van der Waals surface area (Å²) in [6.45, 7) is 2.20. The van der Waals surface area contributed by atoms with Crippen molar-refractivity contribution in [3.05, 3.63) is 16.1 Å². The monoisotopic (exact) mass is 261 g/mol. The molecule has 18 heavy (non-hydrogen) atoms. The summed E-state index contributed by atoms with van der Waals surface area (Å²) in [7, 11) is 0. The molecule has 0 spiro atoms. The van der Waals surface area contributed by atoms with Gasteiger partial charge in [0.15, 0.2) is 5.69 Å². The van der Waals surface area contributed by atoms with Crippen LogP contribution in [0, 0.1) is 11.3 Å². The highest BCUT2D eigenvalue weighted by molar-refractivity contribution is 7.09. The second kappa shape index (κ2) is 6.26. The van der Waals surface area contributed by atoms with Gasteiger partial charge >= 0.3 is 0 Å². The molecule has 0 bridgehead atoms. The number of hydrogen-bond donors (Lipinski definition) is 1. The number of H-pyrrole nitrogens is 1. The van der Waals surface area contributed by atoms with Crippen LogP contribution in [0.25, 0.3) is 11.4 Å². The van der Waals surface area contributed by atoms with E-state index in [-0.39, 0.29) is 0 Å². The van der Waals surface area contributed by atoms with Crippen molar-refractivity contribution in [3.63, 3.8) is 0 Å². The number of nitrogens with zero attached hydrogens (tertiary/aromatic N) is 4. The minimum absolute atomic E-state index is 0.373. The van der Waals surface area contributed by atoms with Crippen molar-refractivity contribution in [1.29, 1.82) is 5.26 Å². The molecule has 6 heteroatoms. The van der Waals surface area contributed by atoms with Gasteiger partial charge in [0, 0.05) is 5.38 Å². The van der Waals surface area contributed by atoms with Crippen LogP contribution >= 0.6 is 11.3 Å². The molecule has 2 rings (SSSR count). The number of nitriles is 1. The van der Waals surface area contributed by atoms with Gasteiger partial charge in [-0.25, -0.2) is 10.1 Å². The van der Waals surface area contributed by atoms with Gasteiger partial charge in [-0.1, -0.05) is 31.4 Å². The number of aromatic nitrogens is 4. The van der Waals surface area contributed by atoms with Gasteiger partial charge < -0.3 is 0 Å². The summed E-state index contributed by atoms with van der Waals surface area (Å²) in [5.41, 5.74) is 1.67. The molecule has 2 aromatic heterocycles. The van der Waals surface area contributed by atoms with E-state index >= 15 is 0 Å². The van der Waals surface area contributed by atoms with Gasteiger partial charge in [-0.05, 0) is 12.8 Å². The molecule has 0 aromatic carbocycles. The van der Waals surface area contributed by atoms with Crippen LogP contribution in [0.3, 0.4) is 0 Å². The van der Waals surface area contributed by atoms with Gasteiger partial charge in [0.25, 0.3) is 0 Å². The first kappa shape index (κ1) is 12.7. The number of aromatic amines is 1. The molecule has 0 aliphatic heterocycles. The van der Waals surface area contributed by atoms with Gasteiger partial charge in [0.05, 0.1) is 5.01 Å². The summed E-state index contributed by atoms with van der Waals surface area (Å²) in [4.78, 5) is 4.50. The Labute approximate surface area is 110 Å². The summed E-state index contributed by atoms with van der Waals surface area (Å²) in [5.74, 6) is 0. The van der Waals surface area contributed by atoms with Gasteiger partial charge in [-0.2, -0.15) is 5.26 Å². The highest BCUT2D eigenvalue weighted by Gasteiger charge is 2.12. The highest BCUT2D eigenvalue weighted by atomic mass is 32.1. The Balaban J connectivity index is 2.00. The van der Waals surface area contributed by atoms with E-state index in [9.17, 15) is 0 Å². The predicted octanol–water partition coefficient (Wildman–Crippen LogP) is 2.92. The zero-order chi connectivity index (χ0) is 12.8. The fourth-order valence-corrected chi connectivity index (χ4v) is 2.55. The highest BCUT2D eigenvalue weighted by Crippen LogP contribution is 2.22. The Hall–Kier alpha value is -1.74. The van der Waals surface area contributed by atoms with Crippen molar-refractivity contribution >= 4 is 11.3 Å². The summed E-state index contributed by atoms with van der Waals surface area (Å²) >= 11 is 1.62. The van der Waals surface area contributed by atoms with E-state index in [4.69, 9.17) is 5.26 Å². The summed E-state index contributed by atoms with van der Waals surface area (Å²) in [6.07, 6.45) is 5.95. The Morgan fingerprint density at radius 3 is 3.06 bits per heavy atom. The van der Waals surface area contributed by atoms with Gasteiger partial charge in [-0.3, -0.25) is 0 Å². The van der Waals surface area contributed by atoms with Crippen LogP contribution in [0.15, 0.2) is 5.38 Å². The quantitative estimate of drug-likeness (QED) is 0.811. The molecule has 0 radical (unpaired) electrons. The smallest absolute Gasteiger partial charge is 0.165 e. The molecule has 1 N–H and O–H groups in total. The van der Waals surface area contributed by atoms with Gasteiger partial charge in [0.1, 0.15) is 17.5 Å². The Morgan fingerprint density at radius 2 is 2.28 bits per heavy atom. The molecule has 0 unspecified atom stereocenters. The van der Waals surface area contributed by atoms with Crippen molar-refractivity contribution < 1.29 is 0 Å². The molecule has 0 aliphatic rings. The molecule has 0 amide bonds. The third-order valence-corrected chi connectivity index (χ3v) is 3.61. The largest absolute Gasteiger partial charge is 0.247 e. The zero-order valence-electron chi connectivity index (χ0n) is 10.3. The topological polar surface area (TPSA) is 78.2 Å². The molecular formula is C12H15N5S. The van der Waals surface area contributed by atoms with Crippen LogP contribution < -0.4 is 0 Å². The molecule has 94 valence electrons. The van der Waals surface area contributed by atoms with Crippen molar-refractivity contribution in [2.45, 2.75) is 39.0 Å². The van der Waals surface area contributed by atoms with Crippen molar-refractivity contribution in [2.24, 2.45) is 0 Å². The maximum atomic E-state index is 8.89. The molecule has 0 aliphatic carbocycles. The molecule has 5 nitrogen and oxygen atoms in total. The lowest BCUT2D eigenvalue weighted by atomic mass is 10.2. The normalized spacial score (nSPS) is 10.4. The number of unbranched alkanes of at least 4 members (excludes halogenated alkanes) is 3. The van der Waals surface area contributed by atoms with Crippen molar-refractivity contribution in [1.82, 2.24) is 20.4 Å². The lowest BCUT2D eigenvalue weighted by Crippen LogP contribution is -1.87. The standard InChI is InChI=1S/C12H15N5S/c1-2-3-4-5-6-11-14-10(8-18-11)12-9(7-13)15-17-16-12/h8H,2-6H2,1H3,(H,15,16,17). The Bertz CT molecular complexity index is 537. The summed E-state index contributed by atoms with van der Waals surface area (Å²) in [5, 5.41) is 22.0. The van der Waals surface area contributed by atoms with Crippen LogP contribution in [0.1, 0.15) is 43.3 Å². The van der Waals surface area contributed by atoms with E-state index in [0.29, 0.717) is 11.4 Å². The first-order valence-electron chi connectivity index (χ1n) is 6.11. The molecule has 0 saturated heterocycles. The fraction of sp³-hybridized carbons (Fsp3) is 0.500. The fourth-order valence-electron chi connectivity index (χ4n) is 1.72. The SMILES string of the molecule is CCCCCCc1nc(-c2nn[nH]c2C#N)cs1. The number of nitrogens with one attached hydrogen (secondary N) is 1. The van der Waals surface area contributed by atoms with Gasteiger partial charge in [-0.15, -0.1) is 16.4 Å². The first-order chi connectivity index (χ1) is 8.85. The second-order valence-electron chi connectivity index (χ2n) is 4.08. The third kappa shape index (κ3) is 2.93. The lowest BCUT2D eigenvalue weighted by molar-refractivity contribution is 0.665. The van der Waals surface area contributed by atoms with E-state index in [1.165, 1.54) is 25.7 Å². The molecule has 0 fully saturated rings. The number of thiazole rings is 1. The maximum absolute atomic E-state index is 8.89. The second-order valence-corrected chi connectivity index (χ2v) is 5.03. The van der Waals surface area contributed by atoms with E-state index in [2.05, 4.69) is 27.3 Å². The summed E-state index contributed by atoms with van der Waals surface area (Å²) < 4.78 is 0. The van der Waals surface area contributed by atoms with Crippen LogP contribution in [0.5, 0.6) is 0 Å². The van der Waals surface area contributed by atoms with E-state index in [1.54, 1.807) is 11.3 Å². The molecular weight excluding hydrogens is 246 g/mol. The lowest BCUT2D eigenvalue weighted by Gasteiger charge is -1.95. The maximum Gasteiger partial charge on any atom is 0.165 e. The van der Waals surface area contributed by atoms with Crippen molar-refractivity contribution in [2.75, 3.05) is 0 Å². The molecule has 0 saturated carbocycles. The van der Waals surface area contributed by atoms with Gasteiger partial charge in [0.2, 0.25) is 0 Å². The Kier molecular flexibility index (Phi) is 4.42. The average molecular weight is 261 g/mol. The number of hydrogen-bond acceptors (Lipinski definition) is 5. The minimum atomic E-state index is 0.373. The van der Waals surface area contributed by atoms with Crippen LogP contribution in [-0.2, 0) is 6.42 Å². The number of rotatable bonds is 6.